The van der Waals surface area contributed by atoms with Crippen molar-refractivity contribution in [3.05, 3.63) is 48.5 Å². The van der Waals surface area contributed by atoms with Crippen LogP contribution in [0.25, 0.3) is 5.69 Å². The Hall–Kier alpha value is -1.75. The second kappa shape index (κ2) is 5.54. The summed E-state index contributed by atoms with van der Waals surface area (Å²) in [6.07, 6.45) is 2.96. The molecule has 0 aliphatic heterocycles. The van der Waals surface area contributed by atoms with Gasteiger partial charge in [-0.05, 0) is 17.7 Å². The fourth-order valence-electron chi connectivity index (χ4n) is 1.52. The number of imidazole rings is 1. The number of benzene rings is 1. The summed E-state index contributed by atoms with van der Waals surface area (Å²) in [7, 11) is 0. The normalized spacial score (nSPS) is 11.0. The molecule has 90 valence electrons. The van der Waals surface area contributed by atoms with Crippen LogP contribution in [-0.4, -0.2) is 22.5 Å². The van der Waals surface area contributed by atoms with Crippen molar-refractivity contribution in [3.8, 4) is 5.69 Å². The second-order valence-electron chi connectivity index (χ2n) is 3.66. The first-order valence-corrected chi connectivity index (χ1v) is 5.32. The first-order valence-electron chi connectivity index (χ1n) is 5.32. The first-order chi connectivity index (χ1) is 8.25. The van der Waals surface area contributed by atoms with E-state index in [2.05, 4.69) is 10.3 Å². The smallest absolute Gasteiger partial charge is 0.250 e. The molecule has 3 nitrogen and oxygen atoms in total. The highest BCUT2D eigenvalue weighted by atomic mass is 19.3. The van der Waals surface area contributed by atoms with Crippen LogP contribution in [0.5, 0.6) is 0 Å². The van der Waals surface area contributed by atoms with Crippen molar-refractivity contribution in [3.63, 3.8) is 0 Å². The van der Waals surface area contributed by atoms with E-state index in [-0.39, 0.29) is 6.54 Å². The Morgan fingerprint density at radius 3 is 2.59 bits per heavy atom. The van der Waals surface area contributed by atoms with Gasteiger partial charge in [0.1, 0.15) is 0 Å². The molecule has 2 rings (SSSR count). The maximum absolute atomic E-state index is 11.9. The lowest BCUT2D eigenvalue weighted by molar-refractivity contribution is 0.145. The van der Waals surface area contributed by atoms with E-state index in [9.17, 15) is 8.78 Å². The molecule has 0 spiro atoms. The van der Waals surface area contributed by atoms with Crippen molar-refractivity contribution in [2.24, 2.45) is 0 Å². The van der Waals surface area contributed by atoms with Crippen LogP contribution >= 0.6 is 0 Å². The minimum absolute atomic E-state index is 0.275. The number of hydrogen-bond donors (Lipinski definition) is 1. The Labute approximate surface area is 98.1 Å². The molecule has 0 radical (unpaired) electrons. The monoisotopic (exact) mass is 237 g/mol. The van der Waals surface area contributed by atoms with E-state index in [0.717, 1.165) is 11.3 Å². The zero-order chi connectivity index (χ0) is 12.1. The molecule has 0 saturated heterocycles. The summed E-state index contributed by atoms with van der Waals surface area (Å²) in [5.74, 6) is 0. The van der Waals surface area contributed by atoms with E-state index in [1.165, 1.54) is 0 Å². The molecule has 5 heteroatoms. The van der Waals surface area contributed by atoms with Gasteiger partial charge in [0.25, 0.3) is 6.43 Å². The third kappa shape index (κ3) is 3.35. The van der Waals surface area contributed by atoms with Crippen molar-refractivity contribution in [2.75, 3.05) is 6.54 Å². The molecule has 0 amide bonds. The van der Waals surface area contributed by atoms with Crippen LogP contribution in [0, 0.1) is 0 Å². The predicted octanol–water partition coefficient (Wildman–Crippen LogP) is 2.23. The molecule has 1 N–H and O–H groups in total. The molecule has 0 aliphatic carbocycles. The van der Waals surface area contributed by atoms with Crippen molar-refractivity contribution in [1.82, 2.24) is 14.9 Å². The number of alkyl halides is 2. The molecule has 0 unspecified atom stereocenters. The van der Waals surface area contributed by atoms with Gasteiger partial charge in [-0.2, -0.15) is 0 Å². The molecule has 17 heavy (non-hydrogen) atoms. The van der Waals surface area contributed by atoms with Gasteiger partial charge in [-0.15, -0.1) is 0 Å². The largest absolute Gasteiger partial charge is 0.307 e. The van der Waals surface area contributed by atoms with Gasteiger partial charge in [-0.3, -0.25) is 0 Å². The Morgan fingerprint density at radius 1 is 1.24 bits per heavy atom. The standard InChI is InChI=1S/C12H13F2N3/c13-12(14)8-16-7-10-1-3-11(4-2-10)17-6-5-15-9-17/h1-6,9,12,16H,7-8H2. The number of rotatable bonds is 5. The molecule has 0 atom stereocenters. The van der Waals surface area contributed by atoms with Gasteiger partial charge in [0.15, 0.2) is 0 Å². The minimum atomic E-state index is -2.31. The number of nitrogens with one attached hydrogen (secondary N) is 1. The number of aromatic nitrogens is 2. The molecule has 1 heterocycles. The lowest BCUT2D eigenvalue weighted by Gasteiger charge is -2.06. The third-order valence-electron chi connectivity index (χ3n) is 2.37. The highest BCUT2D eigenvalue weighted by Crippen LogP contribution is 2.09. The van der Waals surface area contributed by atoms with Gasteiger partial charge < -0.3 is 9.88 Å². The van der Waals surface area contributed by atoms with E-state index < -0.39 is 6.43 Å². The Balaban J connectivity index is 1.94. The summed E-state index contributed by atoms with van der Waals surface area (Å²) in [6, 6.07) is 7.68. The predicted molar refractivity (Wildman–Crippen MR) is 61.3 cm³/mol. The van der Waals surface area contributed by atoms with Gasteiger partial charge in [-0.1, -0.05) is 12.1 Å². The molecular formula is C12H13F2N3. The van der Waals surface area contributed by atoms with Crippen molar-refractivity contribution < 1.29 is 8.78 Å². The van der Waals surface area contributed by atoms with E-state index in [0.29, 0.717) is 6.54 Å². The maximum Gasteiger partial charge on any atom is 0.250 e. The highest BCUT2D eigenvalue weighted by molar-refractivity contribution is 5.34. The van der Waals surface area contributed by atoms with Gasteiger partial charge in [0.05, 0.1) is 12.9 Å². The van der Waals surface area contributed by atoms with E-state index >= 15 is 0 Å². The summed E-state index contributed by atoms with van der Waals surface area (Å²) < 4.78 is 25.7. The Bertz CT molecular complexity index is 437. The summed E-state index contributed by atoms with van der Waals surface area (Å²) >= 11 is 0. The molecule has 1 aromatic heterocycles. The van der Waals surface area contributed by atoms with Crippen molar-refractivity contribution >= 4 is 0 Å². The molecular weight excluding hydrogens is 224 g/mol. The van der Waals surface area contributed by atoms with E-state index in [4.69, 9.17) is 0 Å². The van der Waals surface area contributed by atoms with Gasteiger partial charge >= 0.3 is 0 Å². The van der Waals surface area contributed by atoms with Crippen LogP contribution in [0.1, 0.15) is 5.56 Å². The quantitative estimate of drug-likeness (QED) is 0.864. The zero-order valence-electron chi connectivity index (χ0n) is 9.18. The molecule has 0 aliphatic rings. The van der Waals surface area contributed by atoms with Gasteiger partial charge in [0.2, 0.25) is 0 Å². The van der Waals surface area contributed by atoms with E-state index in [1.807, 2.05) is 35.0 Å². The average Bonchev–Trinajstić information content (AvgIpc) is 2.83. The number of nitrogens with zero attached hydrogens (tertiary/aromatic N) is 2. The van der Waals surface area contributed by atoms with E-state index in [1.54, 1.807) is 12.5 Å². The molecule has 0 bridgehead atoms. The van der Waals surface area contributed by atoms with Gasteiger partial charge in [-0.25, -0.2) is 13.8 Å². The zero-order valence-corrected chi connectivity index (χ0v) is 9.18. The van der Waals surface area contributed by atoms with Crippen LogP contribution in [0.3, 0.4) is 0 Å². The summed E-state index contributed by atoms with van der Waals surface area (Å²) in [4.78, 5) is 3.96. The average molecular weight is 237 g/mol. The first kappa shape index (κ1) is 11.7. The van der Waals surface area contributed by atoms with Gasteiger partial charge in [0, 0.05) is 24.6 Å². The summed E-state index contributed by atoms with van der Waals surface area (Å²) in [6.45, 7) is 0.178. The van der Waals surface area contributed by atoms with Crippen LogP contribution in [0.4, 0.5) is 8.78 Å². The van der Waals surface area contributed by atoms with Crippen LogP contribution in [-0.2, 0) is 6.54 Å². The molecule has 1 aromatic carbocycles. The van der Waals surface area contributed by atoms with Crippen LogP contribution < -0.4 is 5.32 Å². The lowest BCUT2D eigenvalue weighted by Crippen LogP contribution is -2.20. The SMILES string of the molecule is FC(F)CNCc1ccc(-n2ccnc2)cc1. The number of halogens is 2. The highest BCUT2D eigenvalue weighted by Gasteiger charge is 2.01. The topological polar surface area (TPSA) is 29.9 Å². The lowest BCUT2D eigenvalue weighted by atomic mass is 10.2. The number of hydrogen-bond acceptors (Lipinski definition) is 2. The summed E-state index contributed by atoms with van der Waals surface area (Å²) in [5.41, 5.74) is 1.98. The molecule has 2 aromatic rings. The van der Waals surface area contributed by atoms with Crippen LogP contribution in [0.2, 0.25) is 0 Å². The van der Waals surface area contributed by atoms with Crippen molar-refractivity contribution in [1.29, 1.82) is 0 Å². The fourth-order valence-corrected chi connectivity index (χ4v) is 1.52. The Morgan fingerprint density at radius 2 is 2.00 bits per heavy atom. The fraction of sp³-hybridized carbons (Fsp3) is 0.250. The molecule has 0 fully saturated rings. The maximum atomic E-state index is 11.9. The Kier molecular flexibility index (Phi) is 3.82. The van der Waals surface area contributed by atoms with Crippen molar-refractivity contribution in [2.45, 2.75) is 13.0 Å². The minimum Gasteiger partial charge on any atom is -0.307 e. The third-order valence-corrected chi connectivity index (χ3v) is 2.37. The van der Waals surface area contributed by atoms with Crippen LogP contribution in [0.15, 0.2) is 43.0 Å². The summed E-state index contributed by atoms with van der Waals surface area (Å²) in [5, 5.41) is 2.69. The second-order valence-corrected chi connectivity index (χ2v) is 3.66. The molecule has 0 saturated carbocycles.